The summed E-state index contributed by atoms with van der Waals surface area (Å²) in [6, 6.07) is 16.2. The van der Waals surface area contributed by atoms with E-state index in [4.69, 9.17) is 14.5 Å². The fraction of sp³-hybridized carbons (Fsp3) is 0.318. The van der Waals surface area contributed by atoms with Crippen LogP contribution in [0.2, 0.25) is 0 Å². The third kappa shape index (κ3) is 4.99. The van der Waals surface area contributed by atoms with Crippen LogP contribution in [0, 0.1) is 0 Å². The number of quaternary nitrogens is 1. The van der Waals surface area contributed by atoms with Crippen LogP contribution in [0.1, 0.15) is 5.69 Å². The number of piperazine rings is 1. The standard InChI is InChI=1S/C22H26N4O2S/c1-27-20-8-6-17(7-9-20)23-22-24-18(16-29-22)15-25-10-12-26(13-11-25)19-4-3-5-21(14-19)28-2/h3-9,14,16H,10-13,15H2,1-2H3,(H,23,24)/p+1. The molecule has 2 N–H and O–H groups in total. The average molecular weight is 412 g/mol. The van der Waals surface area contributed by atoms with Crippen molar-refractivity contribution in [2.45, 2.75) is 6.54 Å². The first-order chi connectivity index (χ1) is 14.2. The molecule has 0 saturated carbocycles. The highest BCUT2D eigenvalue weighted by Gasteiger charge is 2.21. The Morgan fingerprint density at radius 2 is 1.79 bits per heavy atom. The van der Waals surface area contributed by atoms with Gasteiger partial charge in [0.2, 0.25) is 0 Å². The van der Waals surface area contributed by atoms with E-state index >= 15 is 0 Å². The second-order valence-electron chi connectivity index (χ2n) is 7.11. The predicted molar refractivity (Wildman–Crippen MR) is 118 cm³/mol. The van der Waals surface area contributed by atoms with Crippen LogP contribution in [-0.4, -0.2) is 45.4 Å². The number of hydrogen-bond acceptors (Lipinski definition) is 6. The Morgan fingerprint density at radius 1 is 1.03 bits per heavy atom. The van der Waals surface area contributed by atoms with Crippen LogP contribution in [0.5, 0.6) is 11.5 Å². The van der Waals surface area contributed by atoms with E-state index in [1.165, 1.54) is 5.69 Å². The minimum atomic E-state index is 0.854. The van der Waals surface area contributed by atoms with Crippen LogP contribution in [0.25, 0.3) is 0 Å². The highest BCUT2D eigenvalue weighted by atomic mass is 32.1. The van der Waals surface area contributed by atoms with E-state index in [1.807, 2.05) is 30.3 Å². The number of nitrogens with zero attached hydrogens (tertiary/aromatic N) is 2. The van der Waals surface area contributed by atoms with Crippen molar-refractivity contribution in [3.05, 3.63) is 59.6 Å². The van der Waals surface area contributed by atoms with Crippen LogP contribution < -0.4 is 24.6 Å². The molecule has 0 aliphatic carbocycles. The Morgan fingerprint density at radius 3 is 2.52 bits per heavy atom. The minimum absolute atomic E-state index is 0.854. The van der Waals surface area contributed by atoms with Crippen molar-refractivity contribution in [1.29, 1.82) is 0 Å². The van der Waals surface area contributed by atoms with Crippen molar-refractivity contribution < 1.29 is 14.4 Å². The molecular formula is C22H27N4O2S+. The van der Waals surface area contributed by atoms with E-state index < -0.39 is 0 Å². The Kier molecular flexibility index (Phi) is 6.17. The molecule has 3 aromatic rings. The first-order valence-corrected chi connectivity index (χ1v) is 10.7. The van der Waals surface area contributed by atoms with Gasteiger partial charge in [-0.2, -0.15) is 0 Å². The molecule has 7 heteroatoms. The number of methoxy groups -OCH3 is 2. The highest BCUT2D eigenvalue weighted by molar-refractivity contribution is 7.13. The molecule has 1 aliphatic rings. The molecule has 0 spiro atoms. The van der Waals surface area contributed by atoms with Crippen molar-refractivity contribution >= 4 is 27.8 Å². The molecule has 1 aromatic heterocycles. The molecular weight excluding hydrogens is 384 g/mol. The van der Waals surface area contributed by atoms with Gasteiger partial charge in [0.05, 0.1) is 40.4 Å². The van der Waals surface area contributed by atoms with E-state index in [1.54, 1.807) is 30.5 Å². The van der Waals surface area contributed by atoms with Gasteiger partial charge in [-0.25, -0.2) is 4.98 Å². The van der Waals surface area contributed by atoms with Crippen LogP contribution in [0.4, 0.5) is 16.5 Å². The zero-order valence-electron chi connectivity index (χ0n) is 16.9. The predicted octanol–water partition coefficient (Wildman–Crippen LogP) is 2.81. The summed E-state index contributed by atoms with van der Waals surface area (Å²) in [6.45, 7) is 5.27. The summed E-state index contributed by atoms with van der Waals surface area (Å²) >= 11 is 1.65. The summed E-state index contributed by atoms with van der Waals surface area (Å²) < 4.78 is 10.6. The number of benzene rings is 2. The molecule has 29 heavy (non-hydrogen) atoms. The maximum absolute atomic E-state index is 5.35. The Balaban J connectivity index is 1.29. The Bertz CT molecular complexity index is 921. The van der Waals surface area contributed by atoms with Gasteiger partial charge in [0.15, 0.2) is 5.13 Å². The molecule has 1 aliphatic heterocycles. The van der Waals surface area contributed by atoms with Gasteiger partial charge in [-0.1, -0.05) is 6.07 Å². The van der Waals surface area contributed by atoms with Gasteiger partial charge in [0, 0.05) is 22.8 Å². The van der Waals surface area contributed by atoms with Gasteiger partial charge in [-0.05, 0) is 36.4 Å². The third-order valence-corrected chi connectivity index (χ3v) is 6.02. The molecule has 1 saturated heterocycles. The lowest BCUT2D eigenvalue weighted by Crippen LogP contribution is -3.13. The van der Waals surface area contributed by atoms with Crippen LogP contribution in [-0.2, 0) is 6.54 Å². The monoisotopic (exact) mass is 411 g/mol. The summed E-state index contributed by atoms with van der Waals surface area (Å²) in [5.41, 5.74) is 3.41. The lowest BCUT2D eigenvalue weighted by atomic mass is 10.2. The number of thiazole rings is 1. The normalized spacial score (nSPS) is 14.6. The molecule has 2 aromatic carbocycles. The second-order valence-corrected chi connectivity index (χ2v) is 7.97. The van der Waals surface area contributed by atoms with Gasteiger partial charge in [-0.3, -0.25) is 0 Å². The van der Waals surface area contributed by atoms with E-state index in [9.17, 15) is 0 Å². The first kappa shape index (κ1) is 19.5. The number of aromatic nitrogens is 1. The molecule has 2 heterocycles. The third-order valence-electron chi connectivity index (χ3n) is 5.21. The van der Waals surface area contributed by atoms with E-state index in [-0.39, 0.29) is 0 Å². The molecule has 1 fully saturated rings. The number of hydrogen-bond donors (Lipinski definition) is 2. The molecule has 0 atom stereocenters. The van der Waals surface area contributed by atoms with Crippen molar-refractivity contribution in [3.8, 4) is 11.5 Å². The van der Waals surface area contributed by atoms with E-state index in [2.05, 4.69) is 33.8 Å². The van der Waals surface area contributed by atoms with E-state index in [0.717, 1.165) is 60.7 Å². The molecule has 0 bridgehead atoms. The Hall–Kier alpha value is -2.77. The van der Waals surface area contributed by atoms with Crippen LogP contribution >= 0.6 is 11.3 Å². The second kappa shape index (κ2) is 9.15. The smallest absolute Gasteiger partial charge is 0.187 e. The molecule has 0 radical (unpaired) electrons. The minimum Gasteiger partial charge on any atom is -0.497 e. The average Bonchev–Trinajstić information content (AvgIpc) is 3.21. The Labute approximate surface area is 175 Å². The lowest BCUT2D eigenvalue weighted by Gasteiger charge is -2.33. The van der Waals surface area contributed by atoms with Crippen molar-refractivity contribution in [1.82, 2.24) is 4.98 Å². The quantitative estimate of drug-likeness (QED) is 0.626. The number of ether oxygens (including phenoxy) is 2. The highest BCUT2D eigenvalue weighted by Crippen LogP contribution is 2.23. The summed E-state index contributed by atoms with van der Waals surface area (Å²) in [4.78, 5) is 8.78. The van der Waals surface area contributed by atoms with Gasteiger partial charge in [-0.15, -0.1) is 11.3 Å². The summed E-state index contributed by atoms with van der Waals surface area (Å²) in [5.74, 6) is 1.77. The first-order valence-electron chi connectivity index (χ1n) is 9.81. The summed E-state index contributed by atoms with van der Waals surface area (Å²) in [5, 5.41) is 6.46. The molecule has 0 amide bonds. The fourth-order valence-corrected chi connectivity index (χ4v) is 4.30. The summed E-state index contributed by atoms with van der Waals surface area (Å²) in [7, 11) is 3.39. The van der Waals surface area contributed by atoms with Gasteiger partial charge in [0.25, 0.3) is 0 Å². The molecule has 4 rings (SSSR count). The number of anilines is 3. The molecule has 152 valence electrons. The van der Waals surface area contributed by atoms with E-state index in [0.29, 0.717) is 0 Å². The number of nitrogens with one attached hydrogen (secondary N) is 2. The lowest BCUT2D eigenvalue weighted by molar-refractivity contribution is -0.914. The SMILES string of the molecule is COc1ccc(Nc2nc(C[NH+]3CCN(c4cccc(OC)c4)CC3)cs2)cc1. The zero-order chi connectivity index (χ0) is 20.1. The molecule has 0 unspecified atom stereocenters. The topological polar surface area (TPSA) is 51.1 Å². The van der Waals surface area contributed by atoms with Gasteiger partial charge < -0.3 is 24.6 Å². The summed E-state index contributed by atoms with van der Waals surface area (Å²) in [6.07, 6.45) is 0. The van der Waals surface area contributed by atoms with Crippen molar-refractivity contribution in [2.24, 2.45) is 0 Å². The van der Waals surface area contributed by atoms with Gasteiger partial charge >= 0.3 is 0 Å². The zero-order valence-corrected chi connectivity index (χ0v) is 17.7. The van der Waals surface area contributed by atoms with Crippen LogP contribution in [0.3, 0.4) is 0 Å². The van der Waals surface area contributed by atoms with Crippen molar-refractivity contribution in [3.63, 3.8) is 0 Å². The van der Waals surface area contributed by atoms with Crippen molar-refractivity contribution in [2.75, 3.05) is 50.6 Å². The number of rotatable bonds is 7. The van der Waals surface area contributed by atoms with Crippen LogP contribution in [0.15, 0.2) is 53.9 Å². The van der Waals surface area contributed by atoms with Gasteiger partial charge in [0.1, 0.15) is 23.7 Å². The maximum atomic E-state index is 5.35. The largest absolute Gasteiger partial charge is 0.497 e. The fourth-order valence-electron chi connectivity index (χ4n) is 3.56. The molecule has 6 nitrogen and oxygen atoms in total. The maximum Gasteiger partial charge on any atom is 0.187 e.